The molecule has 1 fully saturated rings. The summed E-state index contributed by atoms with van der Waals surface area (Å²) in [6, 6.07) is 6.28. The molecule has 0 bridgehead atoms. The Bertz CT molecular complexity index is 407. The first-order valence-corrected chi connectivity index (χ1v) is 7.60. The topological polar surface area (TPSA) is 35.2 Å². The third-order valence-electron chi connectivity index (χ3n) is 4.03. The summed E-state index contributed by atoms with van der Waals surface area (Å²) in [7, 11) is 0. The molecule has 18 heavy (non-hydrogen) atoms. The number of nitrogens with two attached hydrogens (primary N) is 1. The summed E-state index contributed by atoms with van der Waals surface area (Å²) in [6.45, 7) is 5.01. The Hall–Kier alpha value is -0.540. The molecule has 100 valence electrons. The second-order valence-corrected chi connectivity index (χ2v) is 6.07. The Balaban J connectivity index is 2.17. The van der Waals surface area contributed by atoms with Crippen molar-refractivity contribution in [3.05, 3.63) is 28.2 Å². The van der Waals surface area contributed by atoms with Crippen LogP contribution in [-0.2, 0) is 0 Å². The van der Waals surface area contributed by atoms with E-state index in [0.717, 1.165) is 16.1 Å². The summed E-state index contributed by atoms with van der Waals surface area (Å²) in [4.78, 5) is 0. The fraction of sp³-hybridized carbons (Fsp3) is 0.600. The monoisotopic (exact) mass is 311 g/mol. The SMILES string of the molecule is CCOc1ccc(C(N)C2CCCC2C)c(Br)c1. The fourth-order valence-corrected chi connectivity index (χ4v) is 3.60. The van der Waals surface area contributed by atoms with E-state index in [0.29, 0.717) is 12.5 Å². The Kier molecular flexibility index (Phi) is 4.68. The molecule has 1 aromatic carbocycles. The van der Waals surface area contributed by atoms with Gasteiger partial charge in [0.05, 0.1) is 6.61 Å². The van der Waals surface area contributed by atoms with Crippen LogP contribution >= 0.6 is 15.9 Å². The number of benzene rings is 1. The van der Waals surface area contributed by atoms with E-state index in [1.807, 2.05) is 19.1 Å². The van der Waals surface area contributed by atoms with Gasteiger partial charge in [-0.1, -0.05) is 41.8 Å². The second-order valence-electron chi connectivity index (χ2n) is 5.21. The highest BCUT2D eigenvalue weighted by molar-refractivity contribution is 9.10. The van der Waals surface area contributed by atoms with Crippen molar-refractivity contribution in [3.8, 4) is 5.75 Å². The summed E-state index contributed by atoms with van der Waals surface area (Å²) in [5, 5.41) is 0. The second kappa shape index (κ2) is 6.07. The maximum atomic E-state index is 6.44. The molecular formula is C15H22BrNO. The van der Waals surface area contributed by atoms with Gasteiger partial charge in [-0.2, -0.15) is 0 Å². The maximum Gasteiger partial charge on any atom is 0.120 e. The van der Waals surface area contributed by atoms with E-state index in [1.54, 1.807) is 0 Å². The first kappa shape index (κ1) is 13.9. The zero-order chi connectivity index (χ0) is 13.1. The minimum absolute atomic E-state index is 0.132. The Morgan fingerprint density at radius 3 is 2.78 bits per heavy atom. The van der Waals surface area contributed by atoms with Crippen LogP contribution in [-0.4, -0.2) is 6.61 Å². The van der Waals surface area contributed by atoms with E-state index in [2.05, 4.69) is 28.9 Å². The van der Waals surface area contributed by atoms with Gasteiger partial charge in [-0.25, -0.2) is 0 Å². The molecule has 0 radical (unpaired) electrons. The molecule has 1 aromatic rings. The highest BCUT2D eigenvalue weighted by Gasteiger charge is 2.30. The van der Waals surface area contributed by atoms with Crippen molar-refractivity contribution >= 4 is 15.9 Å². The summed E-state index contributed by atoms with van der Waals surface area (Å²) >= 11 is 3.62. The fourth-order valence-electron chi connectivity index (χ4n) is 2.97. The average molecular weight is 312 g/mol. The highest BCUT2D eigenvalue weighted by atomic mass is 79.9. The average Bonchev–Trinajstić information content (AvgIpc) is 2.75. The lowest BCUT2D eigenvalue weighted by molar-refractivity contribution is 0.337. The smallest absolute Gasteiger partial charge is 0.120 e. The van der Waals surface area contributed by atoms with Gasteiger partial charge in [0.15, 0.2) is 0 Å². The molecule has 1 saturated carbocycles. The number of hydrogen-bond acceptors (Lipinski definition) is 2. The lowest BCUT2D eigenvalue weighted by Crippen LogP contribution is -2.23. The van der Waals surface area contributed by atoms with Crippen LogP contribution in [0.15, 0.2) is 22.7 Å². The van der Waals surface area contributed by atoms with E-state index < -0.39 is 0 Å². The summed E-state index contributed by atoms with van der Waals surface area (Å²) in [5.74, 6) is 2.25. The third-order valence-corrected chi connectivity index (χ3v) is 4.72. The van der Waals surface area contributed by atoms with Crippen LogP contribution in [0.1, 0.15) is 44.7 Å². The lowest BCUT2D eigenvalue weighted by atomic mass is 9.86. The normalized spacial score (nSPS) is 25.1. The first-order chi connectivity index (χ1) is 8.63. The Morgan fingerprint density at radius 1 is 1.44 bits per heavy atom. The van der Waals surface area contributed by atoms with Crippen molar-refractivity contribution in [2.45, 2.75) is 39.2 Å². The Morgan fingerprint density at radius 2 is 2.22 bits per heavy atom. The number of halogens is 1. The van der Waals surface area contributed by atoms with E-state index in [-0.39, 0.29) is 6.04 Å². The molecule has 0 aliphatic heterocycles. The van der Waals surface area contributed by atoms with Crippen molar-refractivity contribution in [2.75, 3.05) is 6.61 Å². The van der Waals surface area contributed by atoms with Crippen LogP contribution in [0.3, 0.4) is 0 Å². The van der Waals surface area contributed by atoms with Crippen molar-refractivity contribution in [1.29, 1.82) is 0 Å². The summed E-state index contributed by atoms with van der Waals surface area (Å²) < 4.78 is 6.57. The molecule has 3 heteroatoms. The molecule has 1 aliphatic carbocycles. The molecule has 2 rings (SSSR count). The van der Waals surface area contributed by atoms with Crippen molar-refractivity contribution in [1.82, 2.24) is 0 Å². The largest absolute Gasteiger partial charge is 0.494 e. The molecule has 0 heterocycles. The van der Waals surface area contributed by atoms with Gasteiger partial charge >= 0.3 is 0 Å². The van der Waals surface area contributed by atoms with E-state index in [9.17, 15) is 0 Å². The van der Waals surface area contributed by atoms with E-state index >= 15 is 0 Å². The van der Waals surface area contributed by atoms with Crippen LogP contribution in [0.5, 0.6) is 5.75 Å². The molecule has 0 amide bonds. The van der Waals surface area contributed by atoms with Gasteiger partial charge in [-0.05, 0) is 42.9 Å². The number of rotatable bonds is 4. The minimum Gasteiger partial charge on any atom is -0.494 e. The lowest BCUT2D eigenvalue weighted by Gasteiger charge is -2.24. The number of hydrogen-bond donors (Lipinski definition) is 1. The van der Waals surface area contributed by atoms with Gasteiger partial charge in [-0.3, -0.25) is 0 Å². The van der Waals surface area contributed by atoms with Crippen molar-refractivity contribution in [2.24, 2.45) is 17.6 Å². The maximum absolute atomic E-state index is 6.44. The molecule has 2 N–H and O–H groups in total. The van der Waals surface area contributed by atoms with Crippen LogP contribution in [0, 0.1) is 11.8 Å². The predicted molar refractivity (Wildman–Crippen MR) is 78.7 cm³/mol. The zero-order valence-corrected chi connectivity index (χ0v) is 12.7. The zero-order valence-electron chi connectivity index (χ0n) is 11.2. The molecular weight excluding hydrogens is 290 g/mol. The summed E-state index contributed by atoms with van der Waals surface area (Å²) in [5.41, 5.74) is 7.65. The van der Waals surface area contributed by atoms with E-state index in [1.165, 1.54) is 24.8 Å². The Labute approximate surface area is 118 Å². The van der Waals surface area contributed by atoms with Gasteiger partial charge in [0.2, 0.25) is 0 Å². The van der Waals surface area contributed by atoms with Crippen LogP contribution in [0.25, 0.3) is 0 Å². The molecule has 0 saturated heterocycles. The van der Waals surface area contributed by atoms with Crippen molar-refractivity contribution < 1.29 is 4.74 Å². The van der Waals surface area contributed by atoms with Gasteiger partial charge < -0.3 is 10.5 Å². The molecule has 3 atom stereocenters. The van der Waals surface area contributed by atoms with Gasteiger partial charge in [0, 0.05) is 10.5 Å². The van der Waals surface area contributed by atoms with Crippen molar-refractivity contribution in [3.63, 3.8) is 0 Å². The summed E-state index contributed by atoms with van der Waals surface area (Å²) in [6.07, 6.45) is 3.88. The van der Waals surface area contributed by atoms with Crippen LogP contribution in [0.4, 0.5) is 0 Å². The highest BCUT2D eigenvalue weighted by Crippen LogP contribution is 2.41. The van der Waals surface area contributed by atoms with Gasteiger partial charge in [-0.15, -0.1) is 0 Å². The predicted octanol–water partition coefficient (Wildman–Crippen LogP) is 4.28. The molecule has 0 aromatic heterocycles. The molecule has 3 unspecified atom stereocenters. The van der Waals surface area contributed by atoms with Crippen LogP contribution < -0.4 is 10.5 Å². The number of ether oxygens (including phenoxy) is 1. The third kappa shape index (κ3) is 2.89. The van der Waals surface area contributed by atoms with Gasteiger partial charge in [0.25, 0.3) is 0 Å². The molecule has 0 spiro atoms. The molecule has 1 aliphatic rings. The van der Waals surface area contributed by atoms with E-state index in [4.69, 9.17) is 10.5 Å². The standard InChI is InChI=1S/C15H22BrNO/c1-3-18-11-7-8-13(14(16)9-11)15(17)12-6-4-5-10(12)2/h7-10,12,15H,3-6,17H2,1-2H3. The molecule has 2 nitrogen and oxygen atoms in total. The quantitative estimate of drug-likeness (QED) is 0.900. The minimum atomic E-state index is 0.132. The first-order valence-electron chi connectivity index (χ1n) is 6.81. The van der Waals surface area contributed by atoms with Crippen LogP contribution in [0.2, 0.25) is 0 Å². The van der Waals surface area contributed by atoms with Gasteiger partial charge in [0.1, 0.15) is 5.75 Å².